The topological polar surface area (TPSA) is 26.3 Å². The van der Waals surface area contributed by atoms with E-state index < -0.39 is 0 Å². The first kappa shape index (κ1) is 10.6. The minimum Gasteiger partial charge on any atom is -0.466 e. The number of ether oxygens (including phenoxy) is 1. The molecule has 0 radical (unpaired) electrons. The highest BCUT2D eigenvalue weighted by molar-refractivity contribution is 5.65. The molecule has 0 aromatic rings. The van der Waals surface area contributed by atoms with Gasteiger partial charge in [-0.15, -0.1) is 0 Å². The van der Waals surface area contributed by atoms with Gasteiger partial charge in [-0.25, -0.2) is 0 Å². The molecule has 0 spiro atoms. The van der Waals surface area contributed by atoms with Crippen LogP contribution in [0.1, 0.15) is 40.0 Å². The van der Waals surface area contributed by atoms with Crippen LogP contribution < -0.4 is 0 Å². The van der Waals surface area contributed by atoms with E-state index in [1.54, 1.807) is 0 Å². The van der Waals surface area contributed by atoms with Gasteiger partial charge >= 0.3 is 5.97 Å². The van der Waals surface area contributed by atoms with Gasteiger partial charge in [-0.2, -0.15) is 0 Å². The molecular formula is C11H20O2. The van der Waals surface area contributed by atoms with Crippen LogP contribution in [0, 0.1) is 17.8 Å². The Labute approximate surface area is 80.7 Å². The molecule has 0 heterocycles. The average molecular weight is 184 g/mol. The highest BCUT2D eigenvalue weighted by Gasteiger charge is 2.25. The Morgan fingerprint density at radius 2 is 2.08 bits per heavy atom. The van der Waals surface area contributed by atoms with Gasteiger partial charge in [0.25, 0.3) is 0 Å². The minimum absolute atomic E-state index is 0.147. The lowest BCUT2D eigenvalue weighted by molar-refractivity contribution is -0.143. The number of carbonyl (C=O) groups is 1. The third kappa shape index (κ3) is 3.37. The molecule has 0 aliphatic heterocycles. The fourth-order valence-electron chi connectivity index (χ4n) is 2.20. The van der Waals surface area contributed by atoms with Crippen molar-refractivity contribution in [2.45, 2.75) is 40.0 Å². The first-order chi connectivity index (χ1) is 6.09. The first-order valence-electron chi connectivity index (χ1n) is 5.23. The summed E-state index contributed by atoms with van der Waals surface area (Å²) in [6.45, 7) is 6.68. The molecule has 2 heteroatoms. The molecule has 1 aliphatic rings. The van der Waals surface area contributed by atoms with E-state index in [0.29, 0.717) is 18.4 Å². The SMILES string of the molecule is CC(=O)OC[C@@H]1CC[C@@H](C)C[C@@H]1C. The van der Waals surface area contributed by atoms with Gasteiger partial charge in [0.05, 0.1) is 6.61 Å². The van der Waals surface area contributed by atoms with Gasteiger partial charge < -0.3 is 4.74 Å². The number of hydrogen-bond donors (Lipinski definition) is 0. The standard InChI is InChI=1S/C11H20O2/c1-8-4-5-11(9(2)6-8)7-13-10(3)12/h8-9,11H,4-7H2,1-3H3/t8-,9+,11+/m1/s1. The van der Waals surface area contributed by atoms with Gasteiger partial charge in [-0.3, -0.25) is 4.79 Å². The zero-order valence-corrected chi connectivity index (χ0v) is 8.88. The summed E-state index contributed by atoms with van der Waals surface area (Å²) in [6, 6.07) is 0. The molecule has 0 amide bonds. The Hall–Kier alpha value is -0.530. The smallest absolute Gasteiger partial charge is 0.302 e. The lowest BCUT2D eigenvalue weighted by Gasteiger charge is -2.31. The number of esters is 1. The van der Waals surface area contributed by atoms with E-state index in [4.69, 9.17) is 4.74 Å². The molecule has 1 saturated carbocycles. The summed E-state index contributed by atoms with van der Waals surface area (Å²) in [4.78, 5) is 10.6. The van der Waals surface area contributed by atoms with Crippen molar-refractivity contribution in [1.29, 1.82) is 0 Å². The lowest BCUT2D eigenvalue weighted by atomic mass is 9.76. The second-order valence-corrected chi connectivity index (χ2v) is 4.46. The van der Waals surface area contributed by atoms with Crippen LogP contribution >= 0.6 is 0 Å². The van der Waals surface area contributed by atoms with E-state index in [-0.39, 0.29) is 5.97 Å². The monoisotopic (exact) mass is 184 g/mol. The van der Waals surface area contributed by atoms with Crippen LogP contribution in [0.25, 0.3) is 0 Å². The highest BCUT2D eigenvalue weighted by atomic mass is 16.5. The number of hydrogen-bond acceptors (Lipinski definition) is 2. The Morgan fingerprint density at radius 1 is 1.38 bits per heavy atom. The van der Waals surface area contributed by atoms with Crippen molar-refractivity contribution in [3.8, 4) is 0 Å². The van der Waals surface area contributed by atoms with Crippen molar-refractivity contribution in [3.63, 3.8) is 0 Å². The normalized spacial score (nSPS) is 34.2. The molecule has 0 unspecified atom stereocenters. The number of carbonyl (C=O) groups excluding carboxylic acids is 1. The number of rotatable bonds is 2. The Morgan fingerprint density at radius 3 is 2.62 bits per heavy atom. The summed E-state index contributed by atoms with van der Waals surface area (Å²) in [5, 5.41) is 0. The van der Waals surface area contributed by atoms with E-state index in [2.05, 4.69) is 13.8 Å². The zero-order chi connectivity index (χ0) is 9.84. The molecule has 1 aliphatic carbocycles. The van der Waals surface area contributed by atoms with E-state index in [1.165, 1.54) is 26.2 Å². The molecule has 0 N–H and O–H groups in total. The molecule has 2 nitrogen and oxygen atoms in total. The third-order valence-corrected chi connectivity index (χ3v) is 3.11. The van der Waals surface area contributed by atoms with Crippen molar-refractivity contribution in [1.82, 2.24) is 0 Å². The maximum Gasteiger partial charge on any atom is 0.302 e. The fraction of sp³-hybridized carbons (Fsp3) is 0.909. The van der Waals surface area contributed by atoms with E-state index in [9.17, 15) is 4.79 Å². The Balaban J connectivity index is 2.29. The zero-order valence-electron chi connectivity index (χ0n) is 8.88. The van der Waals surface area contributed by atoms with Crippen LogP contribution in [0.15, 0.2) is 0 Å². The van der Waals surface area contributed by atoms with Gasteiger partial charge in [0.2, 0.25) is 0 Å². The van der Waals surface area contributed by atoms with E-state index >= 15 is 0 Å². The minimum atomic E-state index is -0.147. The average Bonchev–Trinajstić information content (AvgIpc) is 2.02. The molecule has 1 rings (SSSR count). The third-order valence-electron chi connectivity index (χ3n) is 3.11. The van der Waals surface area contributed by atoms with Crippen LogP contribution in [0.2, 0.25) is 0 Å². The van der Waals surface area contributed by atoms with Crippen LogP contribution in [0.4, 0.5) is 0 Å². The van der Waals surface area contributed by atoms with Crippen molar-refractivity contribution in [2.75, 3.05) is 6.61 Å². The molecule has 3 atom stereocenters. The largest absolute Gasteiger partial charge is 0.466 e. The van der Waals surface area contributed by atoms with Crippen molar-refractivity contribution in [3.05, 3.63) is 0 Å². The van der Waals surface area contributed by atoms with Gasteiger partial charge in [0, 0.05) is 6.92 Å². The van der Waals surface area contributed by atoms with Gasteiger partial charge in [-0.1, -0.05) is 20.3 Å². The summed E-state index contributed by atoms with van der Waals surface area (Å²) in [5.74, 6) is 2.01. The highest BCUT2D eigenvalue weighted by Crippen LogP contribution is 2.33. The van der Waals surface area contributed by atoms with Crippen molar-refractivity contribution < 1.29 is 9.53 Å². The summed E-state index contributed by atoms with van der Waals surface area (Å²) in [5.41, 5.74) is 0. The molecule has 13 heavy (non-hydrogen) atoms. The van der Waals surface area contributed by atoms with Crippen LogP contribution in [0.3, 0.4) is 0 Å². The lowest BCUT2D eigenvalue weighted by Crippen LogP contribution is -2.26. The summed E-state index contributed by atoms with van der Waals surface area (Å²) in [7, 11) is 0. The Bertz CT molecular complexity index is 177. The van der Waals surface area contributed by atoms with Crippen LogP contribution in [-0.2, 0) is 9.53 Å². The molecule has 0 saturated heterocycles. The predicted molar refractivity (Wildman–Crippen MR) is 52.3 cm³/mol. The van der Waals surface area contributed by atoms with Gasteiger partial charge in [-0.05, 0) is 30.6 Å². The second-order valence-electron chi connectivity index (χ2n) is 4.46. The molecular weight excluding hydrogens is 164 g/mol. The Kier molecular flexibility index (Phi) is 3.76. The maximum absolute atomic E-state index is 10.6. The van der Waals surface area contributed by atoms with Gasteiger partial charge in [0.15, 0.2) is 0 Å². The van der Waals surface area contributed by atoms with Crippen LogP contribution in [-0.4, -0.2) is 12.6 Å². The van der Waals surface area contributed by atoms with E-state index in [0.717, 1.165) is 5.92 Å². The molecule has 0 aromatic carbocycles. The molecule has 1 fully saturated rings. The summed E-state index contributed by atoms with van der Waals surface area (Å²) < 4.78 is 5.05. The van der Waals surface area contributed by atoms with Crippen molar-refractivity contribution in [2.24, 2.45) is 17.8 Å². The van der Waals surface area contributed by atoms with Crippen LogP contribution in [0.5, 0.6) is 0 Å². The van der Waals surface area contributed by atoms with E-state index in [1.807, 2.05) is 0 Å². The predicted octanol–water partition coefficient (Wildman–Crippen LogP) is 2.62. The first-order valence-corrected chi connectivity index (χ1v) is 5.23. The fourth-order valence-corrected chi connectivity index (χ4v) is 2.20. The maximum atomic E-state index is 10.6. The summed E-state index contributed by atoms with van der Waals surface area (Å²) in [6.07, 6.45) is 3.79. The quantitative estimate of drug-likeness (QED) is 0.617. The van der Waals surface area contributed by atoms with Crippen molar-refractivity contribution >= 4 is 5.97 Å². The molecule has 0 aromatic heterocycles. The van der Waals surface area contributed by atoms with Gasteiger partial charge in [0.1, 0.15) is 0 Å². The molecule has 76 valence electrons. The molecule has 0 bridgehead atoms. The second kappa shape index (κ2) is 4.64. The summed E-state index contributed by atoms with van der Waals surface area (Å²) >= 11 is 0.